The maximum Gasteiger partial charge on any atom is 0.343 e. The minimum absolute atomic E-state index is 0.209. The number of benzene rings is 4. The van der Waals surface area contributed by atoms with Crippen LogP contribution in [0.3, 0.4) is 0 Å². The first-order chi connectivity index (χ1) is 17.5. The van der Waals surface area contributed by atoms with E-state index in [1.165, 1.54) is 6.21 Å². The summed E-state index contributed by atoms with van der Waals surface area (Å²) < 4.78 is 11.8. The molecular weight excluding hydrogens is 544 g/mol. The normalized spacial score (nSPS) is 10.7. The van der Waals surface area contributed by atoms with E-state index >= 15 is 0 Å². The number of amides is 1. The summed E-state index contributed by atoms with van der Waals surface area (Å²) in [5.41, 5.74) is 5.41. The van der Waals surface area contributed by atoms with E-state index < -0.39 is 11.9 Å². The predicted molar refractivity (Wildman–Crippen MR) is 144 cm³/mol. The van der Waals surface area contributed by atoms with Crippen molar-refractivity contribution in [3.63, 3.8) is 0 Å². The third-order valence-corrected chi connectivity index (χ3v) is 5.72. The zero-order valence-electron chi connectivity index (χ0n) is 18.9. The molecule has 180 valence electrons. The summed E-state index contributed by atoms with van der Waals surface area (Å²) in [5, 5.41) is 4.49. The van der Waals surface area contributed by atoms with Gasteiger partial charge in [0.05, 0.1) is 11.8 Å². The van der Waals surface area contributed by atoms with Crippen LogP contribution in [0.25, 0.3) is 11.1 Å². The molecule has 1 N–H and O–H groups in total. The van der Waals surface area contributed by atoms with Crippen LogP contribution in [0.5, 0.6) is 11.5 Å². The van der Waals surface area contributed by atoms with Gasteiger partial charge in [-0.05, 0) is 65.7 Å². The van der Waals surface area contributed by atoms with E-state index in [0.717, 1.165) is 15.6 Å². The zero-order chi connectivity index (χ0) is 25.3. The molecular formula is C28H20BrClN2O4. The summed E-state index contributed by atoms with van der Waals surface area (Å²) in [4.78, 5) is 24.6. The van der Waals surface area contributed by atoms with Crippen LogP contribution in [0, 0.1) is 0 Å². The van der Waals surface area contributed by atoms with E-state index in [4.69, 9.17) is 21.1 Å². The average Bonchev–Trinajstić information content (AvgIpc) is 2.90. The molecule has 4 aromatic rings. The molecule has 0 aliphatic rings. The molecule has 0 atom stereocenters. The highest BCUT2D eigenvalue weighted by molar-refractivity contribution is 9.10. The quantitative estimate of drug-likeness (QED) is 0.115. The topological polar surface area (TPSA) is 77.0 Å². The number of halogens is 2. The molecule has 0 radical (unpaired) electrons. The van der Waals surface area contributed by atoms with Gasteiger partial charge in [0.15, 0.2) is 6.61 Å². The number of carbonyl (C=O) groups is 2. The third-order valence-electron chi connectivity index (χ3n) is 4.98. The number of ether oxygens (including phenoxy) is 2. The van der Waals surface area contributed by atoms with Crippen LogP contribution >= 0.6 is 27.5 Å². The minimum atomic E-state index is -0.542. The van der Waals surface area contributed by atoms with Crippen molar-refractivity contribution in [3.8, 4) is 22.6 Å². The lowest BCUT2D eigenvalue weighted by molar-refractivity contribution is -0.123. The standard InChI is InChI=1S/C28H20BrClN2O4/c29-23-10-15-26(36-28(34)21-6-11-24(30)12-7-21)22(16-23)17-31-32-27(33)18-35-25-13-8-20(9-14-25)19-4-2-1-3-5-19/h1-17H,18H2,(H,32,33). The van der Waals surface area contributed by atoms with Crippen molar-refractivity contribution < 1.29 is 19.1 Å². The molecule has 0 aliphatic carbocycles. The molecule has 36 heavy (non-hydrogen) atoms. The van der Waals surface area contributed by atoms with Crippen molar-refractivity contribution in [3.05, 3.63) is 118 Å². The summed E-state index contributed by atoms with van der Waals surface area (Å²) in [6, 6.07) is 28.9. The number of nitrogens with zero attached hydrogens (tertiary/aromatic N) is 1. The summed E-state index contributed by atoms with van der Waals surface area (Å²) in [5.74, 6) is -0.129. The van der Waals surface area contributed by atoms with Crippen LogP contribution in [-0.2, 0) is 4.79 Å². The fourth-order valence-corrected chi connectivity index (χ4v) is 3.69. The van der Waals surface area contributed by atoms with Gasteiger partial charge in [0.2, 0.25) is 0 Å². The molecule has 4 aromatic carbocycles. The Morgan fingerprint density at radius 2 is 1.58 bits per heavy atom. The number of nitrogens with one attached hydrogen (secondary N) is 1. The Morgan fingerprint density at radius 1 is 0.889 bits per heavy atom. The van der Waals surface area contributed by atoms with Gasteiger partial charge in [0.1, 0.15) is 11.5 Å². The van der Waals surface area contributed by atoms with Crippen molar-refractivity contribution in [1.29, 1.82) is 0 Å². The van der Waals surface area contributed by atoms with E-state index in [-0.39, 0.29) is 12.4 Å². The minimum Gasteiger partial charge on any atom is -0.484 e. The highest BCUT2D eigenvalue weighted by atomic mass is 79.9. The lowest BCUT2D eigenvalue weighted by Crippen LogP contribution is -2.24. The first-order valence-electron chi connectivity index (χ1n) is 10.9. The molecule has 0 aromatic heterocycles. The number of hydrogen-bond acceptors (Lipinski definition) is 5. The van der Waals surface area contributed by atoms with Gasteiger partial charge in [-0.1, -0.05) is 70.0 Å². The van der Waals surface area contributed by atoms with Gasteiger partial charge in [-0.15, -0.1) is 0 Å². The van der Waals surface area contributed by atoms with Gasteiger partial charge >= 0.3 is 5.97 Å². The van der Waals surface area contributed by atoms with Crippen LogP contribution in [0.2, 0.25) is 5.02 Å². The summed E-state index contributed by atoms with van der Waals surface area (Å²) in [6.07, 6.45) is 1.39. The van der Waals surface area contributed by atoms with Crippen LogP contribution in [0.15, 0.2) is 107 Å². The Hall–Kier alpha value is -3.94. The maximum atomic E-state index is 12.5. The predicted octanol–water partition coefficient (Wildman–Crippen LogP) is 6.52. The van der Waals surface area contributed by atoms with E-state index in [0.29, 0.717) is 21.9 Å². The number of carbonyl (C=O) groups excluding carboxylic acids is 2. The second kappa shape index (κ2) is 12.2. The van der Waals surface area contributed by atoms with Crippen LogP contribution in [-0.4, -0.2) is 24.7 Å². The average molecular weight is 564 g/mol. The number of hydrogen-bond donors (Lipinski definition) is 1. The SMILES string of the molecule is O=C(COc1ccc(-c2ccccc2)cc1)NN=Cc1cc(Br)ccc1OC(=O)c1ccc(Cl)cc1. The molecule has 0 aliphatic heterocycles. The van der Waals surface area contributed by atoms with Gasteiger partial charge in [0, 0.05) is 15.1 Å². The summed E-state index contributed by atoms with van der Waals surface area (Å²) >= 11 is 9.25. The van der Waals surface area contributed by atoms with E-state index in [2.05, 4.69) is 26.5 Å². The highest BCUT2D eigenvalue weighted by Crippen LogP contribution is 2.24. The second-order valence-electron chi connectivity index (χ2n) is 7.55. The molecule has 1 amide bonds. The Kier molecular flexibility index (Phi) is 8.49. The Morgan fingerprint density at radius 3 is 2.31 bits per heavy atom. The van der Waals surface area contributed by atoms with Crippen LogP contribution in [0.4, 0.5) is 0 Å². The molecule has 4 rings (SSSR count). The Bertz CT molecular complexity index is 1380. The smallest absolute Gasteiger partial charge is 0.343 e. The Labute approximate surface area is 221 Å². The van der Waals surface area contributed by atoms with Crippen molar-refractivity contribution in [2.45, 2.75) is 0 Å². The van der Waals surface area contributed by atoms with E-state index in [9.17, 15) is 9.59 Å². The fraction of sp³-hybridized carbons (Fsp3) is 0.0357. The van der Waals surface area contributed by atoms with Crippen LogP contribution in [0.1, 0.15) is 15.9 Å². The molecule has 0 heterocycles. The van der Waals surface area contributed by atoms with Gasteiger partial charge in [-0.25, -0.2) is 10.2 Å². The second-order valence-corrected chi connectivity index (χ2v) is 8.90. The molecule has 0 bridgehead atoms. The van der Waals surface area contributed by atoms with Crippen molar-refractivity contribution >= 4 is 45.6 Å². The third kappa shape index (κ3) is 7.04. The van der Waals surface area contributed by atoms with Crippen molar-refractivity contribution in [2.75, 3.05) is 6.61 Å². The zero-order valence-corrected chi connectivity index (χ0v) is 21.2. The molecule has 0 saturated heterocycles. The molecule has 0 spiro atoms. The maximum absolute atomic E-state index is 12.5. The van der Waals surface area contributed by atoms with Gasteiger partial charge < -0.3 is 9.47 Å². The van der Waals surface area contributed by atoms with Crippen LogP contribution < -0.4 is 14.9 Å². The number of hydrazone groups is 1. The monoisotopic (exact) mass is 562 g/mol. The van der Waals surface area contributed by atoms with E-state index in [1.54, 1.807) is 42.5 Å². The molecule has 0 fully saturated rings. The molecule has 0 unspecified atom stereocenters. The first-order valence-corrected chi connectivity index (χ1v) is 12.0. The van der Waals surface area contributed by atoms with Crippen molar-refractivity contribution in [1.82, 2.24) is 5.43 Å². The van der Waals surface area contributed by atoms with Crippen molar-refractivity contribution in [2.24, 2.45) is 5.10 Å². The molecule has 8 heteroatoms. The molecule has 6 nitrogen and oxygen atoms in total. The van der Waals surface area contributed by atoms with E-state index in [1.807, 2.05) is 54.6 Å². The fourth-order valence-electron chi connectivity index (χ4n) is 3.19. The van der Waals surface area contributed by atoms with Gasteiger partial charge in [-0.3, -0.25) is 4.79 Å². The first kappa shape index (κ1) is 25.2. The molecule has 0 saturated carbocycles. The lowest BCUT2D eigenvalue weighted by atomic mass is 10.1. The lowest BCUT2D eigenvalue weighted by Gasteiger charge is -2.08. The summed E-state index contributed by atoms with van der Waals surface area (Å²) in [6.45, 7) is -0.209. The van der Waals surface area contributed by atoms with Gasteiger partial charge in [-0.2, -0.15) is 5.10 Å². The van der Waals surface area contributed by atoms with Gasteiger partial charge in [0.25, 0.3) is 5.91 Å². The largest absolute Gasteiger partial charge is 0.484 e. The number of esters is 1. The summed E-state index contributed by atoms with van der Waals surface area (Å²) in [7, 11) is 0. The highest BCUT2D eigenvalue weighted by Gasteiger charge is 2.12. The Balaban J connectivity index is 1.32. The number of rotatable bonds is 8.